The molecule has 0 bridgehead atoms. The van der Waals surface area contributed by atoms with Gasteiger partial charge < -0.3 is 0 Å². The molecule has 0 aliphatic carbocycles. The Bertz CT molecular complexity index is 201. The van der Waals surface area contributed by atoms with Gasteiger partial charge in [0.25, 0.3) is 0 Å². The number of hydrogen-bond acceptors (Lipinski definition) is 3. The van der Waals surface area contributed by atoms with Crippen LogP contribution < -0.4 is 0 Å². The van der Waals surface area contributed by atoms with Gasteiger partial charge in [-0.05, 0) is 0 Å². The second kappa shape index (κ2) is 9.67. The van der Waals surface area contributed by atoms with Crippen molar-refractivity contribution < 1.29 is 13.6 Å². The summed E-state index contributed by atoms with van der Waals surface area (Å²) in [4.78, 5) is 0. The van der Waals surface area contributed by atoms with Crippen molar-refractivity contribution in [1.82, 2.24) is 0 Å². The zero-order valence-electron chi connectivity index (χ0n) is 10.9. The monoisotopic (exact) mass is 316 g/mol. The average Bonchev–Trinajstić information content (AvgIpc) is 2.25. The van der Waals surface area contributed by atoms with E-state index in [1.54, 1.807) is 0 Å². The van der Waals surface area contributed by atoms with Crippen molar-refractivity contribution in [1.29, 1.82) is 0 Å². The van der Waals surface area contributed by atoms with Crippen LogP contribution in [-0.4, -0.2) is 32.7 Å². The number of unbranched alkanes of at least 4 members (excludes halogenated alkanes) is 2. The van der Waals surface area contributed by atoms with Crippen molar-refractivity contribution in [3.05, 3.63) is 0 Å². The molecule has 16 heavy (non-hydrogen) atoms. The third-order valence-corrected chi connectivity index (χ3v) is 8.85. The second-order valence-electron chi connectivity index (χ2n) is 3.56. The Morgan fingerprint density at radius 3 is 2.06 bits per heavy atom. The molecule has 3 nitrogen and oxygen atoms in total. The van der Waals surface area contributed by atoms with Crippen LogP contribution in [0.3, 0.4) is 0 Å². The summed E-state index contributed by atoms with van der Waals surface area (Å²) in [6.07, 6.45) is 4.49. The van der Waals surface area contributed by atoms with Crippen LogP contribution in [0.4, 0.5) is 0 Å². The third-order valence-electron chi connectivity index (χ3n) is 2.30. The molecular formula is C11H25O3PSe. The molecule has 0 saturated heterocycles. The van der Waals surface area contributed by atoms with Gasteiger partial charge in [0.05, 0.1) is 0 Å². The van der Waals surface area contributed by atoms with E-state index in [4.69, 9.17) is 9.05 Å². The molecule has 0 aromatic rings. The van der Waals surface area contributed by atoms with Crippen molar-refractivity contribution in [3.8, 4) is 0 Å². The first-order valence-corrected chi connectivity index (χ1v) is 10.4. The SMILES string of the molecule is CCCCCC([Se]C)P(=O)(OCC)OCC. The van der Waals surface area contributed by atoms with E-state index in [0.717, 1.165) is 12.8 Å². The molecule has 0 spiro atoms. The van der Waals surface area contributed by atoms with Gasteiger partial charge in [0, 0.05) is 0 Å². The average molecular weight is 315 g/mol. The summed E-state index contributed by atoms with van der Waals surface area (Å²) in [6.45, 7) is 6.86. The van der Waals surface area contributed by atoms with E-state index in [1.165, 1.54) is 12.8 Å². The molecule has 0 fully saturated rings. The maximum atomic E-state index is 12.5. The van der Waals surface area contributed by atoms with Crippen LogP contribution in [0, 0.1) is 0 Å². The molecule has 0 amide bonds. The van der Waals surface area contributed by atoms with Gasteiger partial charge in [-0.25, -0.2) is 0 Å². The van der Waals surface area contributed by atoms with Crippen LogP contribution in [0.5, 0.6) is 0 Å². The summed E-state index contributed by atoms with van der Waals surface area (Å²) >= 11 is 0.313. The Labute approximate surface area is 106 Å². The predicted octanol–water partition coefficient (Wildman–Crippen LogP) is 3.91. The molecule has 0 aliphatic heterocycles. The molecular weight excluding hydrogens is 290 g/mol. The zero-order chi connectivity index (χ0) is 12.4. The van der Waals surface area contributed by atoms with E-state index in [-0.39, 0.29) is 4.56 Å². The Morgan fingerprint density at radius 2 is 1.69 bits per heavy atom. The molecule has 1 atom stereocenters. The van der Waals surface area contributed by atoms with Crippen molar-refractivity contribution in [2.45, 2.75) is 56.8 Å². The molecule has 0 aromatic heterocycles. The topological polar surface area (TPSA) is 35.5 Å². The normalized spacial score (nSPS) is 14.0. The fourth-order valence-electron chi connectivity index (χ4n) is 1.54. The van der Waals surface area contributed by atoms with Crippen LogP contribution in [0.15, 0.2) is 0 Å². The molecule has 1 unspecified atom stereocenters. The molecule has 0 radical (unpaired) electrons. The van der Waals surface area contributed by atoms with E-state index >= 15 is 0 Å². The van der Waals surface area contributed by atoms with Crippen molar-refractivity contribution in [3.63, 3.8) is 0 Å². The molecule has 98 valence electrons. The summed E-state index contributed by atoms with van der Waals surface area (Å²) in [6, 6.07) is 0. The van der Waals surface area contributed by atoms with E-state index < -0.39 is 7.60 Å². The van der Waals surface area contributed by atoms with Gasteiger partial charge in [-0.3, -0.25) is 0 Å². The summed E-state index contributed by atoms with van der Waals surface area (Å²) < 4.78 is 23.4. The quantitative estimate of drug-likeness (QED) is 0.348. The van der Waals surface area contributed by atoms with Crippen molar-refractivity contribution in [2.24, 2.45) is 0 Å². The third kappa shape index (κ3) is 5.84. The molecule has 0 rings (SSSR count). The molecule has 0 saturated carbocycles. The summed E-state index contributed by atoms with van der Waals surface area (Å²) in [5.41, 5.74) is 0. The van der Waals surface area contributed by atoms with Crippen molar-refractivity contribution >= 4 is 22.6 Å². The van der Waals surface area contributed by atoms with Gasteiger partial charge in [-0.1, -0.05) is 0 Å². The second-order valence-corrected chi connectivity index (χ2v) is 8.75. The minimum absolute atomic E-state index is 0.131. The van der Waals surface area contributed by atoms with Gasteiger partial charge in [-0.15, -0.1) is 0 Å². The van der Waals surface area contributed by atoms with Gasteiger partial charge in [0.15, 0.2) is 0 Å². The Kier molecular flexibility index (Phi) is 10.1. The van der Waals surface area contributed by atoms with Crippen LogP contribution in [0.2, 0.25) is 5.82 Å². The van der Waals surface area contributed by atoms with Gasteiger partial charge in [-0.2, -0.15) is 0 Å². The fraction of sp³-hybridized carbons (Fsp3) is 1.00. The maximum absolute atomic E-state index is 12.5. The molecule has 0 heterocycles. The Hall–Kier alpha value is 0.669. The zero-order valence-corrected chi connectivity index (χ0v) is 13.5. The molecule has 0 N–H and O–H groups in total. The molecule has 5 heteroatoms. The first-order chi connectivity index (χ1) is 7.64. The van der Waals surface area contributed by atoms with Crippen molar-refractivity contribution in [2.75, 3.05) is 13.2 Å². The van der Waals surface area contributed by atoms with Crippen LogP contribution in [-0.2, 0) is 13.6 Å². The van der Waals surface area contributed by atoms with Crippen LogP contribution in [0.25, 0.3) is 0 Å². The fourth-order valence-corrected chi connectivity index (χ4v) is 6.66. The molecule has 0 aliphatic rings. The minimum atomic E-state index is -2.84. The molecule has 0 aromatic carbocycles. The summed E-state index contributed by atoms with van der Waals surface area (Å²) in [5, 5.41) is 0. The van der Waals surface area contributed by atoms with E-state index in [9.17, 15) is 4.57 Å². The Balaban J connectivity index is 4.39. The first kappa shape index (κ1) is 16.7. The van der Waals surface area contributed by atoms with Crippen LogP contribution in [0.1, 0.15) is 46.5 Å². The van der Waals surface area contributed by atoms with Gasteiger partial charge in [0.2, 0.25) is 0 Å². The number of rotatable bonds is 10. The summed E-state index contributed by atoms with van der Waals surface area (Å²) in [5.74, 6) is 2.12. The van der Waals surface area contributed by atoms with E-state index in [1.807, 2.05) is 13.8 Å². The Morgan fingerprint density at radius 1 is 1.12 bits per heavy atom. The predicted molar refractivity (Wildman–Crippen MR) is 70.4 cm³/mol. The van der Waals surface area contributed by atoms with Gasteiger partial charge in [0.1, 0.15) is 0 Å². The van der Waals surface area contributed by atoms with E-state index in [2.05, 4.69) is 12.7 Å². The number of hydrogen-bond donors (Lipinski definition) is 0. The standard InChI is InChI=1S/C11H25O3PSe/c1-5-8-9-10-11(16-4)15(12,13-6-2)14-7-3/h11H,5-10H2,1-4H3. The summed E-state index contributed by atoms with van der Waals surface area (Å²) in [7, 11) is -2.84. The van der Waals surface area contributed by atoms with Crippen LogP contribution >= 0.6 is 7.60 Å². The first-order valence-electron chi connectivity index (χ1n) is 6.06. The van der Waals surface area contributed by atoms with Gasteiger partial charge >= 0.3 is 106 Å². The van der Waals surface area contributed by atoms with E-state index in [0.29, 0.717) is 28.2 Å².